The molecule has 0 aliphatic heterocycles. The lowest BCUT2D eigenvalue weighted by Crippen LogP contribution is -2.07. The third-order valence-electron chi connectivity index (χ3n) is 3.39. The Hall–Kier alpha value is -2.21. The molecule has 0 aliphatic carbocycles. The van der Waals surface area contributed by atoms with Gasteiger partial charge in [-0.1, -0.05) is 18.2 Å². The van der Waals surface area contributed by atoms with E-state index in [1.807, 2.05) is 19.1 Å². The molecule has 0 aliphatic rings. The van der Waals surface area contributed by atoms with Crippen molar-refractivity contribution in [3.63, 3.8) is 0 Å². The van der Waals surface area contributed by atoms with Crippen LogP contribution in [-0.2, 0) is 19.2 Å². The van der Waals surface area contributed by atoms with Gasteiger partial charge >= 0.3 is 6.18 Å². The topological polar surface area (TPSA) is 44.5 Å². The average molecular weight is 339 g/mol. The van der Waals surface area contributed by atoms with Gasteiger partial charge in [-0.05, 0) is 55.3 Å². The first kappa shape index (κ1) is 18.1. The van der Waals surface area contributed by atoms with Crippen LogP contribution in [0.1, 0.15) is 23.6 Å². The second kappa shape index (κ2) is 8.06. The minimum Gasteiger partial charge on any atom is -0.490 e. The van der Waals surface area contributed by atoms with Gasteiger partial charge in [0.05, 0.1) is 12.2 Å². The number of rotatable bonds is 7. The van der Waals surface area contributed by atoms with E-state index in [1.54, 1.807) is 12.1 Å². The minimum absolute atomic E-state index is 0.0280. The fraction of sp³-hybridized carbons (Fsp3) is 0.333. The van der Waals surface area contributed by atoms with Crippen molar-refractivity contribution >= 4 is 0 Å². The first-order valence-electron chi connectivity index (χ1n) is 7.68. The largest absolute Gasteiger partial charge is 0.490 e. The van der Waals surface area contributed by atoms with Crippen LogP contribution in [0.15, 0.2) is 42.5 Å². The zero-order chi connectivity index (χ0) is 17.6. The molecule has 0 bridgehead atoms. The molecule has 24 heavy (non-hydrogen) atoms. The Morgan fingerprint density at radius 1 is 0.958 bits per heavy atom. The summed E-state index contributed by atoms with van der Waals surface area (Å²) in [7, 11) is 0. The van der Waals surface area contributed by atoms with E-state index in [2.05, 4.69) is 0 Å². The van der Waals surface area contributed by atoms with E-state index < -0.39 is 11.7 Å². The summed E-state index contributed by atoms with van der Waals surface area (Å²) in [5.74, 6) is 1.06. The third-order valence-corrected chi connectivity index (χ3v) is 3.39. The van der Waals surface area contributed by atoms with Crippen molar-refractivity contribution in [3.05, 3.63) is 59.2 Å². The van der Waals surface area contributed by atoms with Crippen LogP contribution in [0.5, 0.6) is 11.5 Å². The SMILES string of the molecule is CCOc1cc(CCN)ccc1OCc1cccc(C(F)(F)F)c1. The first-order valence-corrected chi connectivity index (χ1v) is 7.68. The maximum absolute atomic E-state index is 12.7. The summed E-state index contributed by atoms with van der Waals surface area (Å²) in [5.41, 5.74) is 6.32. The van der Waals surface area contributed by atoms with Gasteiger partial charge in [-0.3, -0.25) is 0 Å². The quantitative estimate of drug-likeness (QED) is 0.823. The van der Waals surface area contributed by atoms with Gasteiger partial charge in [0, 0.05) is 0 Å². The summed E-state index contributed by atoms with van der Waals surface area (Å²) in [6.07, 6.45) is -3.65. The van der Waals surface area contributed by atoms with Gasteiger partial charge < -0.3 is 15.2 Å². The summed E-state index contributed by atoms with van der Waals surface area (Å²) in [4.78, 5) is 0. The molecule has 0 aromatic heterocycles. The minimum atomic E-state index is -4.36. The van der Waals surface area contributed by atoms with Gasteiger partial charge in [0.25, 0.3) is 0 Å². The molecular weight excluding hydrogens is 319 g/mol. The van der Waals surface area contributed by atoms with Gasteiger partial charge in [-0.15, -0.1) is 0 Å². The number of nitrogens with two attached hydrogens (primary N) is 1. The lowest BCUT2D eigenvalue weighted by atomic mass is 10.1. The highest BCUT2D eigenvalue weighted by atomic mass is 19.4. The van der Waals surface area contributed by atoms with Crippen LogP contribution in [0.2, 0.25) is 0 Å². The first-order chi connectivity index (χ1) is 11.4. The van der Waals surface area contributed by atoms with Crippen LogP contribution in [0.25, 0.3) is 0 Å². The highest BCUT2D eigenvalue weighted by Crippen LogP contribution is 2.31. The van der Waals surface area contributed by atoms with Crippen LogP contribution < -0.4 is 15.2 Å². The molecule has 3 nitrogen and oxygen atoms in total. The zero-order valence-corrected chi connectivity index (χ0v) is 13.4. The van der Waals surface area contributed by atoms with Crippen molar-refractivity contribution in [1.82, 2.24) is 0 Å². The second-order valence-corrected chi connectivity index (χ2v) is 5.24. The maximum atomic E-state index is 12.7. The molecule has 0 amide bonds. The van der Waals surface area contributed by atoms with E-state index in [0.717, 1.165) is 17.7 Å². The van der Waals surface area contributed by atoms with Gasteiger partial charge in [0.15, 0.2) is 11.5 Å². The van der Waals surface area contributed by atoms with Gasteiger partial charge in [-0.2, -0.15) is 13.2 Å². The highest BCUT2D eigenvalue weighted by Gasteiger charge is 2.30. The molecule has 0 atom stereocenters. The van der Waals surface area contributed by atoms with Gasteiger partial charge in [-0.25, -0.2) is 0 Å². The number of hydrogen-bond donors (Lipinski definition) is 1. The molecule has 0 unspecified atom stereocenters. The van der Waals surface area contributed by atoms with Crippen molar-refractivity contribution < 1.29 is 22.6 Å². The standard InChI is InChI=1S/C18H20F3NO2/c1-2-23-17-11-13(8-9-22)6-7-16(17)24-12-14-4-3-5-15(10-14)18(19,20)21/h3-7,10-11H,2,8-9,12,22H2,1H3. The molecule has 0 fully saturated rings. The van der Waals surface area contributed by atoms with Gasteiger partial charge in [0.2, 0.25) is 0 Å². The summed E-state index contributed by atoms with van der Waals surface area (Å²) in [6, 6.07) is 10.6. The molecule has 6 heteroatoms. The normalized spacial score (nSPS) is 11.4. The predicted molar refractivity (Wildman–Crippen MR) is 86.1 cm³/mol. The number of hydrogen-bond acceptors (Lipinski definition) is 3. The average Bonchev–Trinajstić information content (AvgIpc) is 2.54. The Kier molecular flexibility index (Phi) is 6.09. The molecule has 0 saturated carbocycles. The third kappa shape index (κ3) is 4.89. The van der Waals surface area contributed by atoms with Crippen LogP contribution in [0.3, 0.4) is 0 Å². The van der Waals surface area contributed by atoms with Gasteiger partial charge in [0.1, 0.15) is 6.61 Å². The Morgan fingerprint density at radius 3 is 2.42 bits per heavy atom. The predicted octanol–water partition coefficient (Wildman–Crippen LogP) is 4.18. The fourth-order valence-electron chi connectivity index (χ4n) is 2.26. The van der Waals surface area contributed by atoms with E-state index in [-0.39, 0.29) is 6.61 Å². The van der Waals surface area contributed by atoms with Crippen LogP contribution >= 0.6 is 0 Å². The molecule has 0 radical (unpaired) electrons. The summed E-state index contributed by atoms with van der Waals surface area (Å²) in [5, 5.41) is 0. The van der Waals surface area contributed by atoms with E-state index in [4.69, 9.17) is 15.2 Å². The Labute approximate surface area is 139 Å². The monoisotopic (exact) mass is 339 g/mol. The second-order valence-electron chi connectivity index (χ2n) is 5.24. The molecule has 2 N–H and O–H groups in total. The lowest BCUT2D eigenvalue weighted by Gasteiger charge is -2.14. The Morgan fingerprint density at radius 2 is 1.75 bits per heavy atom. The number of halogens is 3. The zero-order valence-electron chi connectivity index (χ0n) is 13.4. The number of alkyl halides is 3. The van der Waals surface area contributed by atoms with E-state index in [1.165, 1.54) is 6.07 Å². The summed E-state index contributed by atoms with van der Waals surface area (Å²) in [6.45, 7) is 2.87. The molecule has 2 rings (SSSR count). The maximum Gasteiger partial charge on any atom is 0.416 e. The fourth-order valence-corrected chi connectivity index (χ4v) is 2.26. The highest BCUT2D eigenvalue weighted by molar-refractivity contribution is 5.43. The lowest BCUT2D eigenvalue weighted by molar-refractivity contribution is -0.137. The van der Waals surface area contributed by atoms with Crippen LogP contribution in [-0.4, -0.2) is 13.2 Å². The Bertz CT molecular complexity index is 672. The number of ether oxygens (including phenoxy) is 2. The molecule has 2 aromatic rings. The Balaban J connectivity index is 2.13. The molecule has 0 heterocycles. The molecule has 130 valence electrons. The summed E-state index contributed by atoms with van der Waals surface area (Å²) < 4.78 is 49.4. The van der Waals surface area contributed by atoms with E-state index in [0.29, 0.717) is 36.6 Å². The molecule has 0 spiro atoms. The van der Waals surface area contributed by atoms with Crippen molar-refractivity contribution in [2.45, 2.75) is 26.1 Å². The van der Waals surface area contributed by atoms with Crippen molar-refractivity contribution in [3.8, 4) is 11.5 Å². The summed E-state index contributed by atoms with van der Waals surface area (Å²) >= 11 is 0. The smallest absolute Gasteiger partial charge is 0.416 e. The molecule has 0 saturated heterocycles. The van der Waals surface area contributed by atoms with E-state index >= 15 is 0 Å². The van der Waals surface area contributed by atoms with E-state index in [9.17, 15) is 13.2 Å². The van der Waals surface area contributed by atoms with Crippen LogP contribution in [0.4, 0.5) is 13.2 Å². The van der Waals surface area contributed by atoms with Crippen molar-refractivity contribution in [1.29, 1.82) is 0 Å². The molecule has 2 aromatic carbocycles. The van der Waals surface area contributed by atoms with Crippen molar-refractivity contribution in [2.24, 2.45) is 5.73 Å². The van der Waals surface area contributed by atoms with Crippen LogP contribution in [0, 0.1) is 0 Å². The van der Waals surface area contributed by atoms with Crippen molar-refractivity contribution in [2.75, 3.05) is 13.2 Å². The molecular formula is C18H20F3NO2. The number of benzene rings is 2.